The molecule has 2 aliphatic heterocycles. The second kappa shape index (κ2) is 9.30. The zero-order chi connectivity index (χ0) is 22.7. The van der Waals surface area contributed by atoms with Crippen LogP contribution in [0, 0.1) is 5.92 Å². The van der Waals surface area contributed by atoms with Gasteiger partial charge in [0.05, 0.1) is 17.4 Å². The van der Waals surface area contributed by atoms with E-state index in [0.29, 0.717) is 31.1 Å². The first-order valence-corrected chi connectivity index (χ1v) is 12.3. The normalized spacial score (nSPS) is 19.3. The number of nitrogens with zero attached hydrogens (tertiary/aromatic N) is 2. The molecule has 0 bridgehead atoms. The molecule has 1 N–H and O–H groups in total. The van der Waals surface area contributed by atoms with Crippen LogP contribution in [0.1, 0.15) is 26.2 Å². The number of anilines is 2. The Balaban J connectivity index is 1.43. The van der Waals surface area contributed by atoms with Crippen LogP contribution in [0.2, 0.25) is 0 Å². The first-order valence-electron chi connectivity index (χ1n) is 10.8. The number of benzene rings is 2. The van der Waals surface area contributed by atoms with E-state index in [0.717, 1.165) is 18.6 Å². The number of hydrogen-bond donors (Lipinski definition) is 1. The molecule has 0 aromatic heterocycles. The van der Waals surface area contributed by atoms with Gasteiger partial charge < -0.3 is 15.0 Å². The number of rotatable bonds is 7. The maximum absolute atomic E-state index is 12.8. The van der Waals surface area contributed by atoms with Crippen LogP contribution < -0.4 is 15.0 Å². The number of sulfonamides is 1. The van der Waals surface area contributed by atoms with E-state index in [9.17, 15) is 18.0 Å². The molecule has 2 aliphatic rings. The number of amides is 2. The fourth-order valence-corrected chi connectivity index (χ4v) is 5.64. The van der Waals surface area contributed by atoms with E-state index in [4.69, 9.17) is 4.74 Å². The average molecular weight is 458 g/mol. The van der Waals surface area contributed by atoms with E-state index in [1.54, 1.807) is 41.3 Å². The lowest BCUT2D eigenvalue weighted by Crippen LogP contribution is -2.29. The molecule has 0 aliphatic carbocycles. The van der Waals surface area contributed by atoms with Gasteiger partial charge in [0.1, 0.15) is 5.75 Å². The van der Waals surface area contributed by atoms with Gasteiger partial charge in [-0.25, -0.2) is 8.42 Å². The maximum Gasteiger partial charge on any atom is 0.243 e. The SMILES string of the molecule is CCOc1ccc(N2C[C@H](C(=O)Nc3cccc(S(=O)(=O)N4CCCC4)c3)CC2=O)cc1. The number of ether oxygens (including phenoxy) is 1. The molecule has 2 fully saturated rings. The molecule has 0 spiro atoms. The molecule has 0 saturated carbocycles. The van der Waals surface area contributed by atoms with Crippen molar-refractivity contribution >= 4 is 33.2 Å². The summed E-state index contributed by atoms with van der Waals surface area (Å²) in [7, 11) is -3.57. The van der Waals surface area contributed by atoms with Crippen LogP contribution >= 0.6 is 0 Å². The van der Waals surface area contributed by atoms with Gasteiger partial charge in [0.15, 0.2) is 0 Å². The zero-order valence-electron chi connectivity index (χ0n) is 18.0. The molecular weight excluding hydrogens is 430 g/mol. The summed E-state index contributed by atoms with van der Waals surface area (Å²) < 4.78 is 32.5. The highest BCUT2D eigenvalue weighted by molar-refractivity contribution is 7.89. The van der Waals surface area contributed by atoms with Gasteiger partial charge in [0.25, 0.3) is 0 Å². The molecule has 170 valence electrons. The summed E-state index contributed by atoms with van der Waals surface area (Å²) in [4.78, 5) is 27.1. The molecule has 0 unspecified atom stereocenters. The van der Waals surface area contributed by atoms with E-state index in [1.807, 2.05) is 6.92 Å². The van der Waals surface area contributed by atoms with Crippen LogP contribution in [0.25, 0.3) is 0 Å². The summed E-state index contributed by atoms with van der Waals surface area (Å²) in [6.45, 7) is 3.77. The van der Waals surface area contributed by atoms with Crippen molar-refractivity contribution in [2.75, 3.05) is 36.5 Å². The smallest absolute Gasteiger partial charge is 0.243 e. The topological polar surface area (TPSA) is 96.0 Å². The summed E-state index contributed by atoms with van der Waals surface area (Å²) in [6.07, 6.45) is 1.82. The Kier molecular flexibility index (Phi) is 6.48. The van der Waals surface area contributed by atoms with Crippen molar-refractivity contribution in [2.45, 2.75) is 31.1 Å². The second-order valence-corrected chi connectivity index (χ2v) is 9.90. The standard InChI is InChI=1S/C23H27N3O5S/c1-2-31-20-10-8-19(9-11-20)26-16-17(14-22(26)27)23(28)24-18-6-5-7-21(15-18)32(29,30)25-12-3-4-13-25/h5-11,15,17H,2-4,12-14,16H2,1H3,(H,24,28)/t17-/m1/s1. The van der Waals surface area contributed by atoms with E-state index in [2.05, 4.69) is 5.32 Å². The Bertz CT molecular complexity index is 1090. The van der Waals surface area contributed by atoms with E-state index < -0.39 is 15.9 Å². The van der Waals surface area contributed by atoms with Gasteiger partial charge >= 0.3 is 0 Å². The predicted molar refractivity (Wildman–Crippen MR) is 121 cm³/mol. The molecule has 0 radical (unpaired) electrons. The van der Waals surface area contributed by atoms with Gasteiger partial charge in [-0.15, -0.1) is 0 Å². The quantitative estimate of drug-likeness (QED) is 0.690. The van der Waals surface area contributed by atoms with Crippen molar-refractivity contribution in [2.24, 2.45) is 5.92 Å². The van der Waals surface area contributed by atoms with Gasteiger partial charge in [-0.1, -0.05) is 6.07 Å². The summed E-state index contributed by atoms with van der Waals surface area (Å²) in [6, 6.07) is 13.5. The van der Waals surface area contributed by atoms with Gasteiger partial charge in [0.2, 0.25) is 21.8 Å². The molecule has 2 aromatic rings. The third kappa shape index (κ3) is 4.63. The number of carbonyl (C=O) groups excluding carboxylic acids is 2. The van der Waals surface area contributed by atoms with Crippen molar-refractivity contribution < 1.29 is 22.7 Å². The lowest BCUT2D eigenvalue weighted by atomic mass is 10.1. The summed E-state index contributed by atoms with van der Waals surface area (Å²) in [5.74, 6) is -0.226. The van der Waals surface area contributed by atoms with Crippen molar-refractivity contribution in [3.63, 3.8) is 0 Å². The molecule has 2 saturated heterocycles. The lowest BCUT2D eigenvalue weighted by molar-refractivity contribution is -0.122. The summed E-state index contributed by atoms with van der Waals surface area (Å²) in [5, 5.41) is 2.78. The number of nitrogens with one attached hydrogen (secondary N) is 1. The minimum Gasteiger partial charge on any atom is -0.494 e. The van der Waals surface area contributed by atoms with Crippen LogP contribution in [0.5, 0.6) is 5.75 Å². The Morgan fingerprint density at radius 1 is 1.12 bits per heavy atom. The zero-order valence-corrected chi connectivity index (χ0v) is 18.8. The molecule has 1 atom stereocenters. The Morgan fingerprint density at radius 3 is 2.53 bits per heavy atom. The van der Waals surface area contributed by atoms with E-state index >= 15 is 0 Å². The maximum atomic E-state index is 12.8. The monoisotopic (exact) mass is 457 g/mol. The molecule has 4 rings (SSSR count). The van der Waals surface area contributed by atoms with Crippen molar-refractivity contribution in [3.05, 3.63) is 48.5 Å². The number of hydrogen-bond acceptors (Lipinski definition) is 5. The highest BCUT2D eigenvalue weighted by atomic mass is 32.2. The van der Waals surface area contributed by atoms with Crippen LogP contribution in [0.15, 0.2) is 53.4 Å². The molecule has 8 nitrogen and oxygen atoms in total. The highest BCUT2D eigenvalue weighted by Gasteiger charge is 2.35. The van der Waals surface area contributed by atoms with Crippen molar-refractivity contribution in [3.8, 4) is 5.75 Å². The molecule has 2 heterocycles. The first-order chi connectivity index (χ1) is 15.4. The van der Waals surface area contributed by atoms with Gasteiger partial charge in [-0.3, -0.25) is 9.59 Å². The van der Waals surface area contributed by atoms with Crippen LogP contribution in [-0.2, 0) is 19.6 Å². The Morgan fingerprint density at radius 2 is 1.84 bits per heavy atom. The Hall–Kier alpha value is -2.91. The average Bonchev–Trinajstić information content (AvgIpc) is 3.45. The van der Waals surface area contributed by atoms with Gasteiger partial charge in [-0.05, 0) is 62.2 Å². The third-order valence-electron chi connectivity index (χ3n) is 5.76. The molecule has 32 heavy (non-hydrogen) atoms. The lowest BCUT2D eigenvalue weighted by Gasteiger charge is -2.18. The van der Waals surface area contributed by atoms with Crippen LogP contribution in [0.4, 0.5) is 11.4 Å². The minimum absolute atomic E-state index is 0.102. The van der Waals surface area contributed by atoms with Gasteiger partial charge in [0, 0.05) is 37.4 Å². The predicted octanol–water partition coefficient (Wildman–Crippen LogP) is 2.86. The summed E-state index contributed by atoms with van der Waals surface area (Å²) in [5.41, 5.74) is 1.12. The molecule has 2 amide bonds. The number of carbonyl (C=O) groups is 2. The van der Waals surface area contributed by atoms with Crippen LogP contribution in [-0.4, -0.2) is 50.8 Å². The fraction of sp³-hybridized carbons (Fsp3) is 0.391. The first kappa shape index (κ1) is 22.3. The fourth-order valence-electron chi connectivity index (χ4n) is 4.08. The van der Waals surface area contributed by atoms with Crippen molar-refractivity contribution in [1.29, 1.82) is 0 Å². The second-order valence-electron chi connectivity index (χ2n) is 7.96. The molecule has 9 heteroatoms. The largest absolute Gasteiger partial charge is 0.494 e. The van der Waals surface area contributed by atoms with E-state index in [-0.39, 0.29) is 29.7 Å². The van der Waals surface area contributed by atoms with Gasteiger partial charge in [-0.2, -0.15) is 4.31 Å². The summed E-state index contributed by atoms with van der Waals surface area (Å²) >= 11 is 0. The third-order valence-corrected chi connectivity index (χ3v) is 7.65. The minimum atomic E-state index is -3.57. The highest BCUT2D eigenvalue weighted by Crippen LogP contribution is 2.28. The van der Waals surface area contributed by atoms with E-state index in [1.165, 1.54) is 16.4 Å². The van der Waals surface area contributed by atoms with Crippen molar-refractivity contribution in [1.82, 2.24) is 4.31 Å². The van der Waals surface area contributed by atoms with Crippen LogP contribution in [0.3, 0.4) is 0 Å². The molecular formula is C23H27N3O5S. The molecule has 2 aromatic carbocycles. The Labute approximate surface area is 188 Å².